The van der Waals surface area contributed by atoms with Gasteiger partial charge < -0.3 is 5.32 Å². The third-order valence-corrected chi connectivity index (χ3v) is 7.10. The first-order valence-corrected chi connectivity index (χ1v) is 10.5. The molecule has 1 aliphatic rings. The molecule has 0 saturated carbocycles. The van der Waals surface area contributed by atoms with Crippen molar-refractivity contribution in [3.8, 4) is 0 Å². The molecule has 9 heteroatoms. The quantitative estimate of drug-likeness (QED) is 0.776. The first-order chi connectivity index (χ1) is 12.1. The summed E-state index contributed by atoms with van der Waals surface area (Å²) in [6.45, 7) is 1.03. The van der Waals surface area contributed by atoms with Crippen LogP contribution in [0.3, 0.4) is 0 Å². The molecule has 0 radical (unpaired) electrons. The van der Waals surface area contributed by atoms with Crippen molar-refractivity contribution in [2.24, 2.45) is 0 Å². The van der Waals surface area contributed by atoms with Gasteiger partial charge in [-0.15, -0.1) is 10.2 Å². The van der Waals surface area contributed by atoms with Crippen LogP contribution in [0.25, 0.3) is 0 Å². The van der Waals surface area contributed by atoms with Crippen molar-refractivity contribution < 1.29 is 13.2 Å². The third-order valence-electron chi connectivity index (χ3n) is 4.01. The first kappa shape index (κ1) is 18.0. The molecule has 0 unspecified atom stereocenters. The van der Waals surface area contributed by atoms with Crippen LogP contribution >= 0.6 is 11.3 Å². The lowest BCUT2D eigenvalue weighted by Crippen LogP contribution is -2.35. The van der Waals surface area contributed by atoms with Gasteiger partial charge in [0, 0.05) is 19.5 Å². The molecule has 3 rings (SSSR count). The molecule has 1 amide bonds. The lowest BCUT2D eigenvalue weighted by atomic mass is 10.1. The summed E-state index contributed by atoms with van der Waals surface area (Å²) in [5.41, 5.74) is 1.07. The number of sulfonamides is 1. The van der Waals surface area contributed by atoms with Gasteiger partial charge in [0.1, 0.15) is 0 Å². The average Bonchev–Trinajstić information content (AvgIpc) is 3.11. The molecule has 0 atom stereocenters. The smallest absolute Gasteiger partial charge is 0.272 e. The number of nitrogens with zero attached hydrogens (tertiary/aromatic N) is 3. The SMILES string of the molecule is O=C(CCc1ccccc1)Nc1nnc(S(=O)(=O)N2CCCCC2)s1. The standard InChI is InChI=1S/C16H20N4O3S2/c21-14(10-9-13-7-3-1-4-8-13)17-15-18-19-16(24-15)25(22,23)20-11-5-2-6-12-20/h1,3-4,7-8H,2,5-6,9-12H2,(H,17,18,21). The summed E-state index contributed by atoms with van der Waals surface area (Å²) in [4.78, 5) is 12.0. The minimum Gasteiger partial charge on any atom is -0.300 e. The second kappa shape index (κ2) is 8.03. The van der Waals surface area contributed by atoms with Crippen LogP contribution in [0, 0.1) is 0 Å². The summed E-state index contributed by atoms with van der Waals surface area (Å²) in [6, 6.07) is 9.70. The molecule has 1 aromatic carbocycles. The molecule has 1 fully saturated rings. The molecule has 2 aromatic rings. The second-order valence-electron chi connectivity index (χ2n) is 5.87. The molecule has 134 valence electrons. The summed E-state index contributed by atoms with van der Waals surface area (Å²) in [6.07, 6.45) is 3.69. The molecule has 0 bridgehead atoms. The van der Waals surface area contributed by atoms with Crippen molar-refractivity contribution in [1.82, 2.24) is 14.5 Å². The van der Waals surface area contributed by atoms with Gasteiger partial charge in [-0.05, 0) is 24.8 Å². The highest BCUT2D eigenvalue weighted by atomic mass is 32.2. The molecular formula is C16H20N4O3S2. The summed E-state index contributed by atoms with van der Waals surface area (Å²) in [5.74, 6) is -0.207. The second-order valence-corrected chi connectivity index (χ2v) is 8.96. The molecular weight excluding hydrogens is 360 g/mol. The van der Waals surface area contributed by atoms with Crippen molar-refractivity contribution in [3.05, 3.63) is 35.9 Å². The van der Waals surface area contributed by atoms with Gasteiger partial charge in [0.05, 0.1) is 0 Å². The number of carbonyl (C=O) groups excluding carboxylic acids is 1. The zero-order valence-electron chi connectivity index (χ0n) is 13.7. The van der Waals surface area contributed by atoms with E-state index >= 15 is 0 Å². The number of rotatable bonds is 6. The summed E-state index contributed by atoms with van der Waals surface area (Å²) < 4.78 is 26.4. The van der Waals surface area contributed by atoms with Crippen LogP contribution < -0.4 is 5.32 Å². The largest absolute Gasteiger partial charge is 0.300 e. The maximum absolute atomic E-state index is 12.5. The number of piperidine rings is 1. The van der Waals surface area contributed by atoms with Gasteiger partial charge >= 0.3 is 0 Å². The van der Waals surface area contributed by atoms with Crippen LogP contribution in [-0.2, 0) is 21.2 Å². The van der Waals surface area contributed by atoms with E-state index < -0.39 is 10.0 Å². The van der Waals surface area contributed by atoms with Crippen LogP contribution in [0.2, 0.25) is 0 Å². The highest BCUT2D eigenvalue weighted by Gasteiger charge is 2.29. The van der Waals surface area contributed by atoms with Crippen LogP contribution in [-0.4, -0.2) is 41.9 Å². The Hall–Kier alpha value is -1.84. The highest BCUT2D eigenvalue weighted by molar-refractivity contribution is 7.91. The molecule has 25 heavy (non-hydrogen) atoms. The Morgan fingerprint density at radius 1 is 1.12 bits per heavy atom. The number of aromatic nitrogens is 2. The van der Waals surface area contributed by atoms with Gasteiger partial charge in [-0.25, -0.2) is 8.42 Å². The van der Waals surface area contributed by atoms with Crippen LogP contribution in [0.4, 0.5) is 5.13 Å². The topological polar surface area (TPSA) is 92.3 Å². The van der Waals surface area contributed by atoms with E-state index in [1.807, 2.05) is 30.3 Å². The first-order valence-electron chi connectivity index (χ1n) is 8.23. The number of benzene rings is 1. The van der Waals surface area contributed by atoms with E-state index in [2.05, 4.69) is 15.5 Å². The van der Waals surface area contributed by atoms with Crippen molar-refractivity contribution in [2.75, 3.05) is 18.4 Å². The van der Waals surface area contributed by atoms with E-state index in [1.54, 1.807) is 0 Å². The fourth-order valence-corrected chi connectivity index (χ4v) is 5.24. The lowest BCUT2D eigenvalue weighted by Gasteiger charge is -2.24. The lowest BCUT2D eigenvalue weighted by molar-refractivity contribution is -0.116. The fourth-order valence-electron chi connectivity index (χ4n) is 2.66. The molecule has 7 nitrogen and oxygen atoms in total. The average molecular weight is 380 g/mol. The van der Waals surface area contributed by atoms with Crippen molar-refractivity contribution in [1.29, 1.82) is 0 Å². The van der Waals surface area contributed by atoms with Crippen molar-refractivity contribution >= 4 is 32.4 Å². The molecule has 0 aliphatic carbocycles. The maximum Gasteiger partial charge on any atom is 0.272 e. The maximum atomic E-state index is 12.5. The van der Waals surface area contributed by atoms with E-state index in [0.717, 1.165) is 36.2 Å². The van der Waals surface area contributed by atoms with Crippen LogP contribution in [0.15, 0.2) is 34.7 Å². The Bertz CT molecular complexity index is 815. The Kier molecular flexibility index (Phi) is 5.77. The Balaban J connectivity index is 1.58. The van der Waals surface area contributed by atoms with E-state index in [4.69, 9.17) is 0 Å². The van der Waals surface area contributed by atoms with Gasteiger partial charge in [-0.3, -0.25) is 4.79 Å². The number of amides is 1. The van der Waals surface area contributed by atoms with Gasteiger partial charge in [0.25, 0.3) is 10.0 Å². The van der Waals surface area contributed by atoms with Crippen molar-refractivity contribution in [3.63, 3.8) is 0 Å². The predicted octanol–water partition coefficient (Wildman–Crippen LogP) is 2.28. The zero-order valence-corrected chi connectivity index (χ0v) is 15.4. The van der Waals surface area contributed by atoms with Gasteiger partial charge in [-0.2, -0.15) is 4.31 Å². The minimum atomic E-state index is -3.61. The normalized spacial score (nSPS) is 15.8. The molecule has 1 N–H and O–H groups in total. The fraction of sp³-hybridized carbons (Fsp3) is 0.438. The highest BCUT2D eigenvalue weighted by Crippen LogP contribution is 2.25. The van der Waals surface area contributed by atoms with Crippen LogP contribution in [0.1, 0.15) is 31.2 Å². The number of nitrogens with one attached hydrogen (secondary N) is 1. The monoisotopic (exact) mass is 380 g/mol. The Morgan fingerprint density at radius 2 is 1.84 bits per heavy atom. The van der Waals surface area contributed by atoms with E-state index in [-0.39, 0.29) is 15.4 Å². The third kappa shape index (κ3) is 4.62. The number of anilines is 1. The van der Waals surface area contributed by atoms with E-state index in [0.29, 0.717) is 25.9 Å². The van der Waals surface area contributed by atoms with Gasteiger partial charge in [0.15, 0.2) is 0 Å². The number of hydrogen-bond donors (Lipinski definition) is 1. The van der Waals surface area contributed by atoms with Gasteiger partial charge in [-0.1, -0.05) is 48.1 Å². The van der Waals surface area contributed by atoms with E-state index in [1.165, 1.54) is 4.31 Å². The number of carbonyl (C=O) groups is 1. The number of aryl methyl sites for hydroxylation is 1. The summed E-state index contributed by atoms with van der Waals surface area (Å²) in [5, 5.41) is 10.4. The minimum absolute atomic E-state index is 0.0623. The summed E-state index contributed by atoms with van der Waals surface area (Å²) in [7, 11) is -3.61. The molecule has 1 aromatic heterocycles. The zero-order chi connectivity index (χ0) is 17.7. The molecule has 2 heterocycles. The van der Waals surface area contributed by atoms with Crippen LogP contribution in [0.5, 0.6) is 0 Å². The number of hydrogen-bond acceptors (Lipinski definition) is 6. The summed E-state index contributed by atoms with van der Waals surface area (Å²) >= 11 is 0.900. The Labute approximate surface area is 151 Å². The molecule has 0 spiro atoms. The molecule has 1 saturated heterocycles. The molecule has 1 aliphatic heterocycles. The Morgan fingerprint density at radius 3 is 2.56 bits per heavy atom. The van der Waals surface area contributed by atoms with Crippen molar-refractivity contribution in [2.45, 2.75) is 36.4 Å². The van der Waals surface area contributed by atoms with Gasteiger partial charge in [0.2, 0.25) is 15.4 Å². The van der Waals surface area contributed by atoms with E-state index in [9.17, 15) is 13.2 Å². The predicted molar refractivity (Wildman–Crippen MR) is 95.9 cm³/mol.